The van der Waals surface area contributed by atoms with E-state index in [-0.39, 0.29) is 0 Å². The van der Waals surface area contributed by atoms with E-state index in [1.165, 1.54) is 10.1 Å². The molecule has 0 saturated heterocycles. The molecular formula is C15H16N4S. The average Bonchev–Trinajstić information content (AvgIpc) is 2.91. The number of likely N-dealkylation sites (N-methyl/N-ethyl adjacent to an activating group) is 1. The van der Waals surface area contributed by atoms with Crippen LogP contribution in [0.25, 0.3) is 20.7 Å². The molecule has 0 unspecified atom stereocenters. The van der Waals surface area contributed by atoms with Gasteiger partial charge in [-0.3, -0.25) is 0 Å². The minimum absolute atomic E-state index is 0.590. The summed E-state index contributed by atoms with van der Waals surface area (Å²) in [6, 6.07) is 12.5. The molecule has 2 heterocycles. The van der Waals surface area contributed by atoms with E-state index in [0.29, 0.717) is 12.5 Å². The second kappa shape index (κ2) is 5.56. The first-order valence-electron chi connectivity index (χ1n) is 6.51. The van der Waals surface area contributed by atoms with Gasteiger partial charge in [0.2, 0.25) is 5.95 Å². The van der Waals surface area contributed by atoms with Gasteiger partial charge in [-0.25, -0.2) is 9.97 Å². The lowest BCUT2D eigenvalue weighted by Crippen LogP contribution is -2.26. The van der Waals surface area contributed by atoms with Gasteiger partial charge in [-0.15, -0.1) is 11.3 Å². The zero-order valence-electron chi connectivity index (χ0n) is 11.3. The molecule has 0 saturated carbocycles. The van der Waals surface area contributed by atoms with Gasteiger partial charge in [0.25, 0.3) is 0 Å². The van der Waals surface area contributed by atoms with Crippen molar-refractivity contribution in [1.82, 2.24) is 9.97 Å². The van der Waals surface area contributed by atoms with Gasteiger partial charge >= 0.3 is 0 Å². The van der Waals surface area contributed by atoms with Crippen LogP contribution in [0.3, 0.4) is 0 Å². The van der Waals surface area contributed by atoms with Crippen molar-refractivity contribution in [2.24, 2.45) is 5.73 Å². The fourth-order valence-electron chi connectivity index (χ4n) is 2.07. The van der Waals surface area contributed by atoms with Gasteiger partial charge in [0.05, 0.1) is 10.6 Å². The maximum Gasteiger partial charge on any atom is 0.225 e. The first-order valence-corrected chi connectivity index (χ1v) is 7.33. The third-order valence-corrected chi connectivity index (χ3v) is 4.27. The molecule has 0 radical (unpaired) electrons. The van der Waals surface area contributed by atoms with Crippen LogP contribution in [0.5, 0.6) is 0 Å². The molecule has 0 bridgehead atoms. The molecule has 3 rings (SSSR count). The van der Waals surface area contributed by atoms with E-state index in [0.717, 1.165) is 17.1 Å². The Morgan fingerprint density at radius 1 is 1.25 bits per heavy atom. The van der Waals surface area contributed by atoms with Crippen molar-refractivity contribution in [2.45, 2.75) is 0 Å². The van der Waals surface area contributed by atoms with Gasteiger partial charge < -0.3 is 10.6 Å². The number of hydrogen-bond donors (Lipinski definition) is 1. The van der Waals surface area contributed by atoms with Gasteiger partial charge in [-0.1, -0.05) is 18.2 Å². The zero-order chi connectivity index (χ0) is 13.9. The van der Waals surface area contributed by atoms with Gasteiger partial charge in [0, 0.05) is 31.0 Å². The molecule has 0 spiro atoms. The van der Waals surface area contributed by atoms with E-state index in [1.807, 2.05) is 18.0 Å². The average molecular weight is 284 g/mol. The van der Waals surface area contributed by atoms with E-state index in [9.17, 15) is 0 Å². The van der Waals surface area contributed by atoms with Crippen molar-refractivity contribution in [3.63, 3.8) is 0 Å². The zero-order valence-corrected chi connectivity index (χ0v) is 12.1. The summed E-state index contributed by atoms with van der Waals surface area (Å²) in [6.07, 6.45) is 1.80. The van der Waals surface area contributed by atoms with Crippen molar-refractivity contribution in [1.29, 1.82) is 0 Å². The molecule has 0 fully saturated rings. The molecular weight excluding hydrogens is 268 g/mol. The number of hydrogen-bond acceptors (Lipinski definition) is 5. The molecule has 3 aromatic rings. The Labute approximate surface area is 121 Å². The summed E-state index contributed by atoms with van der Waals surface area (Å²) >= 11 is 1.75. The van der Waals surface area contributed by atoms with Crippen LogP contribution >= 0.6 is 11.3 Å². The highest BCUT2D eigenvalue weighted by atomic mass is 32.1. The molecule has 0 aliphatic heterocycles. The highest BCUT2D eigenvalue weighted by molar-refractivity contribution is 7.22. The summed E-state index contributed by atoms with van der Waals surface area (Å²) < 4.78 is 1.28. The van der Waals surface area contributed by atoms with E-state index < -0.39 is 0 Å². The summed E-state index contributed by atoms with van der Waals surface area (Å²) in [6.45, 7) is 1.34. The Morgan fingerprint density at radius 3 is 2.90 bits per heavy atom. The normalized spacial score (nSPS) is 10.9. The molecule has 5 heteroatoms. The SMILES string of the molecule is CN(CCN)c1nccc(-c2cc3ccccc3s2)n1. The van der Waals surface area contributed by atoms with Crippen LogP contribution in [0.15, 0.2) is 42.6 Å². The summed E-state index contributed by atoms with van der Waals surface area (Å²) in [5.41, 5.74) is 6.53. The molecule has 0 amide bonds. The second-order valence-electron chi connectivity index (χ2n) is 4.60. The van der Waals surface area contributed by atoms with Gasteiger partial charge in [-0.05, 0) is 23.6 Å². The maximum absolute atomic E-state index is 5.57. The van der Waals surface area contributed by atoms with Crippen LogP contribution in [0.4, 0.5) is 5.95 Å². The van der Waals surface area contributed by atoms with E-state index in [2.05, 4.69) is 40.3 Å². The lowest BCUT2D eigenvalue weighted by atomic mass is 10.2. The van der Waals surface area contributed by atoms with Crippen molar-refractivity contribution in [2.75, 3.05) is 25.0 Å². The molecule has 0 aliphatic rings. The number of anilines is 1. The third kappa shape index (κ3) is 2.50. The monoisotopic (exact) mass is 284 g/mol. The predicted molar refractivity (Wildman–Crippen MR) is 85.2 cm³/mol. The fraction of sp³-hybridized carbons (Fsp3) is 0.200. The topological polar surface area (TPSA) is 55.0 Å². The van der Waals surface area contributed by atoms with Gasteiger partial charge in [0.1, 0.15) is 0 Å². The van der Waals surface area contributed by atoms with E-state index >= 15 is 0 Å². The first kappa shape index (κ1) is 13.0. The lowest BCUT2D eigenvalue weighted by molar-refractivity contribution is 0.847. The third-order valence-electron chi connectivity index (χ3n) is 3.13. The van der Waals surface area contributed by atoms with Crippen molar-refractivity contribution in [3.05, 3.63) is 42.6 Å². The number of nitrogens with two attached hydrogens (primary N) is 1. The van der Waals surface area contributed by atoms with Crippen LogP contribution in [0.1, 0.15) is 0 Å². The number of fused-ring (bicyclic) bond motifs is 1. The van der Waals surface area contributed by atoms with Crippen LogP contribution in [0, 0.1) is 0 Å². The molecule has 102 valence electrons. The smallest absolute Gasteiger partial charge is 0.225 e. The first-order chi connectivity index (χ1) is 9.78. The molecule has 0 atom stereocenters. The lowest BCUT2D eigenvalue weighted by Gasteiger charge is -2.15. The highest BCUT2D eigenvalue weighted by Crippen LogP contribution is 2.32. The van der Waals surface area contributed by atoms with Gasteiger partial charge in [0.15, 0.2) is 0 Å². The predicted octanol–water partition coefficient (Wildman–Crippen LogP) is 2.75. The van der Waals surface area contributed by atoms with Crippen molar-refractivity contribution < 1.29 is 0 Å². The summed E-state index contributed by atoms with van der Waals surface area (Å²) in [5.74, 6) is 0.713. The van der Waals surface area contributed by atoms with Crippen LogP contribution < -0.4 is 10.6 Å². The van der Waals surface area contributed by atoms with Crippen LogP contribution in [-0.2, 0) is 0 Å². The second-order valence-corrected chi connectivity index (χ2v) is 5.68. The minimum Gasteiger partial charge on any atom is -0.343 e. The van der Waals surface area contributed by atoms with E-state index in [4.69, 9.17) is 5.73 Å². The Kier molecular flexibility index (Phi) is 3.62. The number of rotatable bonds is 4. The van der Waals surface area contributed by atoms with Crippen molar-refractivity contribution >= 4 is 27.4 Å². The fourth-order valence-corrected chi connectivity index (χ4v) is 3.10. The Morgan fingerprint density at radius 2 is 2.10 bits per heavy atom. The van der Waals surface area contributed by atoms with Crippen molar-refractivity contribution in [3.8, 4) is 10.6 Å². The van der Waals surface area contributed by atoms with Crippen LogP contribution in [0.2, 0.25) is 0 Å². The molecule has 20 heavy (non-hydrogen) atoms. The molecule has 1 aromatic carbocycles. The number of aromatic nitrogens is 2. The molecule has 2 N–H and O–H groups in total. The largest absolute Gasteiger partial charge is 0.343 e. The van der Waals surface area contributed by atoms with Gasteiger partial charge in [-0.2, -0.15) is 0 Å². The Balaban J connectivity index is 1.99. The quantitative estimate of drug-likeness (QED) is 0.800. The number of thiophene rings is 1. The number of benzene rings is 1. The molecule has 2 aromatic heterocycles. The minimum atomic E-state index is 0.590. The van der Waals surface area contributed by atoms with Crippen LogP contribution in [-0.4, -0.2) is 30.1 Å². The standard InChI is InChI=1S/C15H16N4S/c1-19(9-7-16)15-17-8-6-12(18-15)14-10-11-4-2-3-5-13(11)20-14/h2-6,8,10H,7,9,16H2,1H3. The summed E-state index contributed by atoms with van der Waals surface area (Å²) in [7, 11) is 1.96. The summed E-state index contributed by atoms with van der Waals surface area (Å²) in [4.78, 5) is 12.1. The Bertz CT molecular complexity index is 689. The summed E-state index contributed by atoms with van der Waals surface area (Å²) in [5, 5.41) is 1.25. The number of nitrogens with zero attached hydrogens (tertiary/aromatic N) is 3. The van der Waals surface area contributed by atoms with E-state index in [1.54, 1.807) is 17.5 Å². The molecule has 0 aliphatic carbocycles. The highest BCUT2D eigenvalue weighted by Gasteiger charge is 2.08. The molecule has 4 nitrogen and oxygen atoms in total. The Hall–Kier alpha value is -1.98. The maximum atomic E-state index is 5.57.